The van der Waals surface area contributed by atoms with Gasteiger partial charge in [-0.2, -0.15) is 16.8 Å². The fraction of sp³-hybridized carbons (Fsp3) is 0.143. The molecule has 12 heteroatoms. The molecule has 0 bridgehead atoms. The van der Waals surface area contributed by atoms with Gasteiger partial charge in [-0.15, -0.1) is 0 Å². The van der Waals surface area contributed by atoms with E-state index in [2.05, 4.69) is 0 Å². The molecule has 2 atom stereocenters. The van der Waals surface area contributed by atoms with E-state index in [0.29, 0.717) is 11.6 Å². The van der Waals surface area contributed by atoms with E-state index >= 15 is 0 Å². The quantitative estimate of drug-likeness (QED) is 0.275. The van der Waals surface area contributed by atoms with Crippen molar-refractivity contribution in [1.82, 2.24) is 0 Å². The molecule has 1 aromatic rings. The number of hydrogen-bond acceptors (Lipinski definition) is 7. The van der Waals surface area contributed by atoms with E-state index in [1.54, 1.807) is 30.3 Å². The van der Waals surface area contributed by atoms with Gasteiger partial charge in [0.15, 0.2) is 0 Å². The van der Waals surface area contributed by atoms with Crippen LogP contribution in [0.1, 0.15) is 5.56 Å². The van der Waals surface area contributed by atoms with Crippen LogP contribution in [0.5, 0.6) is 0 Å². The van der Waals surface area contributed by atoms with Crippen molar-refractivity contribution >= 4 is 26.3 Å². The van der Waals surface area contributed by atoms with Crippen LogP contribution in [0, 0.1) is 10.1 Å². The summed E-state index contributed by atoms with van der Waals surface area (Å²) in [4.78, 5) is 8.69. The maximum Gasteiger partial charge on any atom is 0.315 e. The number of hydrogen-bond donors (Lipinski definition) is 3. The average Bonchev–Trinajstić information content (AvgIpc) is 2.52. The van der Waals surface area contributed by atoms with Crippen molar-refractivity contribution in [2.75, 3.05) is 0 Å². The first kappa shape index (κ1) is 19.9. The van der Waals surface area contributed by atoms with Crippen molar-refractivity contribution in [3.63, 3.8) is 0 Å². The molecule has 0 amide bonds. The van der Waals surface area contributed by atoms with E-state index < -0.39 is 41.0 Å². The van der Waals surface area contributed by atoms with Crippen LogP contribution < -0.4 is 5.73 Å². The molecule has 2 rings (SSSR count). The van der Waals surface area contributed by atoms with Crippen molar-refractivity contribution in [3.8, 4) is 0 Å². The maximum absolute atomic E-state index is 11.8. The molecule has 0 saturated heterocycles. The summed E-state index contributed by atoms with van der Waals surface area (Å²) in [5.41, 5.74) is 2.68. The zero-order valence-electron chi connectivity index (χ0n) is 13.0. The minimum absolute atomic E-state index is 0.373. The Kier molecular flexibility index (Phi) is 5.17. The zero-order valence-corrected chi connectivity index (χ0v) is 14.6. The van der Waals surface area contributed by atoms with Crippen LogP contribution in [0.25, 0.3) is 6.08 Å². The van der Waals surface area contributed by atoms with Gasteiger partial charge >= 0.3 is 5.66 Å². The molecule has 4 N–H and O–H groups in total. The zero-order chi connectivity index (χ0) is 19.8. The smallest absolute Gasteiger partial charge is 0.285 e. The molecular weight excluding hydrogens is 388 g/mol. The Labute approximate surface area is 149 Å². The van der Waals surface area contributed by atoms with Gasteiger partial charge in [-0.3, -0.25) is 25.0 Å². The molecule has 10 nitrogen and oxygen atoms in total. The Balaban J connectivity index is 2.75. The fourth-order valence-electron chi connectivity index (χ4n) is 2.46. The highest BCUT2D eigenvalue weighted by Gasteiger charge is 2.58. The van der Waals surface area contributed by atoms with Gasteiger partial charge in [-0.25, -0.2) is 0 Å². The third-order valence-electron chi connectivity index (χ3n) is 3.62. The van der Waals surface area contributed by atoms with Crippen LogP contribution in [0.3, 0.4) is 0 Å². The lowest BCUT2D eigenvalue weighted by atomic mass is 9.96. The molecule has 2 unspecified atom stereocenters. The van der Waals surface area contributed by atoms with Crippen LogP contribution in [-0.2, 0) is 20.2 Å². The lowest BCUT2D eigenvalue weighted by Gasteiger charge is -2.29. The van der Waals surface area contributed by atoms with Gasteiger partial charge in [0, 0.05) is 11.0 Å². The van der Waals surface area contributed by atoms with Crippen LogP contribution in [0.2, 0.25) is 0 Å². The third-order valence-corrected chi connectivity index (χ3v) is 6.00. The van der Waals surface area contributed by atoms with Gasteiger partial charge in [-0.05, 0) is 17.2 Å². The van der Waals surface area contributed by atoms with Crippen molar-refractivity contribution < 1.29 is 30.9 Å². The third kappa shape index (κ3) is 3.89. The normalized spacial score (nSPS) is 24.2. The fourth-order valence-corrected chi connectivity index (χ4v) is 5.13. The van der Waals surface area contributed by atoms with Crippen molar-refractivity contribution in [1.29, 1.82) is 0 Å². The minimum atomic E-state index is -5.38. The van der Waals surface area contributed by atoms with E-state index in [1.165, 1.54) is 6.08 Å². The molecular formula is C14H14N2O8S2. The largest absolute Gasteiger partial charge is 0.315 e. The first-order valence-corrected chi connectivity index (χ1v) is 9.85. The second-order valence-corrected chi connectivity index (χ2v) is 8.30. The summed E-state index contributed by atoms with van der Waals surface area (Å²) < 4.78 is 65.7. The summed E-state index contributed by atoms with van der Waals surface area (Å²) in [6.45, 7) is 0. The SMILES string of the molecule is NC1([N+](=O)[O-])C=CC(C=Cc2ccccc2)=C(S(=O)(=O)O)C1S(=O)(=O)O. The van der Waals surface area contributed by atoms with E-state index in [9.17, 15) is 36.1 Å². The van der Waals surface area contributed by atoms with E-state index in [0.717, 1.165) is 12.2 Å². The van der Waals surface area contributed by atoms with E-state index in [4.69, 9.17) is 5.73 Å². The molecule has 0 radical (unpaired) electrons. The molecule has 1 aliphatic rings. The molecule has 1 aromatic carbocycles. The Bertz CT molecular complexity index is 1030. The lowest BCUT2D eigenvalue weighted by molar-refractivity contribution is -0.552. The highest BCUT2D eigenvalue weighted by molar-refractivity contribution is 7.93. The van der Waals surface area contributed by atoms with Gasteiger partial charge in [0.1, 0.15) is 4.91 Å². The standard InChI is InChI=1S/C14H14N2O8S2/c15-14(16(17)18)9-8-11(7-6-10-4-2-1-3-5-10)12(25(19,20)21)13(14)26(22,23)24/h1-9,13H,15H2,(H,19,20,21)(H,22,23,24). The van der Waals surface area contributed by atoms with Crippen LogP contribution >= 0.6 is 0 Å². The molecule has 0 spiro atoms. The summed E-state index contributed by atoms with van der Waals surface area (Å²) in [7, 11) is -10.6. The van der Waals surface area contributed by atoms with Crippen LogP contribution in [0.15, 0.2) is 59.0 Å². The predicted octanol–water partition coefficient (Wildman–Crippen LogP) is 0.600. The number of nitro groups is 1. The summed E-state index contributed by atoms with van der Waals surface area (Å²) in [5.74, 6) is 0. The van der Waals surface area contributed by atoms with Crippen molar-refractivity contribution in [2.45, 2.75) is 10.9 Å². The first-order valence-electron chi connectivity index (χ1n) is 6.91. The molecule has 0 aromatic heterocycles. The molecule has 26 heavy (non-hydrogen) atoms. The van der Waals surface area contributed by atoms with Crippen LogP contribution in [-0.4, -0.2) is 41.8 Å². The van der Waals surface area contributed by atoms with Gasteiger partial charge in [-0.1, -0.05) is 42.5 Å². The lowest BCUT2D eigenvalue weighted by Crippen LogP contribution is -2.61. The maximum atomic E-state index is 11.8. The minimum Gasteiger partial charge on any atom is -0.285 e. The van der Waals surface area contributed by atoms with Gasteiger partial charge in [0.25, 0.3) is 20.2 Å². The Morgan fingerprint density at radius 2 is 1.69 bits per heavy atom. The molecule has 0 aliphatic heterocycles. The molecule has 1 aliphatic carbocycles. The number of benzene rings is 1. The molecule has 0 saturated carbocycles. The Morgan fingerprint density at radius 1 is 1.12 bits per heavy atom. The van der Waals surface area contributed by atoms with E-state index in [1.807, 2.05) is 0 Å². The Hall–Kier alpha value is -2.38. The molecule has 0 fully saturated rings. The monoisotopic (exact) mass is 402 g/mol. The van der Waals surface area contributed by atoms with E-state index in [-0.39, 0.29) is 5.57 Å². The highest BCUT2D eigenvalue weighted by Crippen LogP contribution is 2.35. The summed E-state index contributed by atoms with van der Waals surface area (Å²) in [6.07, 6.45) is 4.06. The average molecular weight is 402 g/mol. The van der Waals surface area contributed by atoms with Crippen molar-refractivity contribution in [2.24, 2.45) is 5.73 Å². The number of rotatable bonds is 5. The second-order valence-electron chi connectivity index (χ2n) is 5.41. The summed E-state index contributed by atoms with van der Waals surface area (Å²) in [5, 5.41) is 8.51. The topological polar surface area (TPSA) is 178 Å². The molecule has 0 heterocycles. The Morgan fingerprint density at radius 3 is 2.15 bits per heavy atom. The predicted molar refractivity (Wildman–Crippen MR) is 92.4 cm³/mol. The second kappa shape index (κ2) is 6.74. The van der Waals surface area contributed by atoms with Gasteiger partial charge in [0.05, 0.1) is 0 Å². The number of nitrogens with two attached hydrogens (primary N) is 1. The summed E-state index contributed by atoms with van der Waals surface area (Å²) in [6, 6.07) is 8.41. The van der Waals surface area contributed by atoms with Gasteiger partial charge in [0.2, 0.25) is 5.25 Å². The van der Waals surface area contributed by atoms with Crippen LogP contribution in [0.4, 0.5) is 0 Å². The summed E-state index contributed by atoms with van der Waals surface area (Å²) >= 11 is 0. The van der Waals surface area contributed by atoms with Crippen molar-refractivity contribution in [3.05, 3.63) is 74.7 Å². The number of nitrogens with zero attached hydrogens (tertiary/aromatic N) is 1. The van der Waals surface area contributed by atoms with Gasteiger partial charge < -0.3 is 0 Å². The molecule has 140 valence electrons. The number of allylic oxidation sites excluding steroid dienone is 3. The first-order chi connectivity index (χ1) is 11.9. The highest BCUT2D eigenvalue weighted by atomic mass is 32.2.